The molecule has 1 aromatic rings. The van der Waals surface area contributed by atoms with Crippen LogP contribution in [-0.4, -0.2) is 19.3 Å². The largest absolute Gasteiger partial charge is 0.378 e. The van der Waals surface area contributed by atoms with Gasteiger partial charge in [-0.3, -0.25) is 0 Å². The van der Waals surface area contributed by atoms with Gasteiger partial charge in [0.2, 0.25) is 0 Å². The second-order valence-electron chi connectivity index (χ2n) is 6.26. The molecule has 2 nitrogen and oxygen atoms in total. The fourth-order valence-corrected chi connectivity index (χ4v) is 3.41. The van der Waals surface area contributed by atoms with Crippen LogP contribution in [-0.2, 0) is 11.2 Å². The van der Waals surface area contributed by atoms with E-state index in [0.717, 1.165) is 19.1 Å². The number of rotatable bonds is 9. The standard InChI is InChI=1S/C19H31NO/c1-4-8-15-9-7-10-17(11-15)19(20-5-2)14-16-12-18(13-16)21-6-3/h7,9-11,16,18-20H,4-6,8,12-14H2,1-3H3. The van der Waals surface area contributed by atoms with Crippen LogP contribution < -0.4 is 5.32 Å². The summed E-state index contributed by atoms with van der Waals surface area (Å²) in [5.41, 5.74) is 2.93. The van der Waals surface area contributed by atoms with Crippen LogP contribution in [0.3, 0.4) is 0 Å². The fourth-order valence-electron chi connectivity index (χ4n) is 3.41. The molecule has 1 N–H and O–H groups in total. The van der Waals surface area contributed by atoms with E-state index < -0.39 is 0 Å². The predicted molar refractivity (Wildman–Crippen MR) is 89.6 cm³/mol. The molecule has 0 bridgehead atoms. The topological polar surface area (TPSA) is 21.3 Å². The van der Waals surface area contributed by atoms with Gasteiger partial charge in [-0.05, 0) is 56.2 Å². The summed E-state index contributed by atoms with van der Waals surface area (Å²) in [6.07, 6.45) is 6.65. The maximum atomic E-state index is 5.69. The van der Waals surface area contributed by atoms with Crippen LogP contribution in [0.5, 0.6) is 0 Å². The lowest BCUT2D eigenvalue weighted by Gasteiger charge is -2.37. The van der Waals surface area contributed by atoms with Gasteiger partial charge in [-0.2, -0.15) is 0 Å². The van der Waals surface area contributed by atoms with Crippen LogP contribution in [0.1, 0.15) is 63.6 Å². The Morgan fingerprint density at radius 1 is 1.24 bits per heavy atom. The van der Waals surface area contributed by atoms with Gasteiger partial charge in [0, 0.05) is 12.6 Å². The van der Waals surface area contributed by atoms with Crippen molar-refractivity contribution in [1.29, 1.82) is 0 Å². The summed E-state index contributed by atoms with van der Waals surface area (Å²) >= 11 is 0. The summed E-state index contributed by atoms with van der Waals surface area (Å²) < 4.78 is 5.69. The Morgan fingerprint density at radius 2 is 2.05 bits per heavy atom. The molecule has 1 atom stereocenters. The highest BCUT2D eigenvalue weighted by Gasteiger charge is 2.31. The summed E-state index contributed by atoms with van der Waals surface area (Å²) in [5.74, 6) is 0.820. The fraction of sp³-hybridized carbons (Fsp3) is 0.684. The highest BCUT2D eigenvalue weighted by molar-refractivity contribution is 5.26. The van der Waals surface area contributed by atoms with E-state index in [1.165, 1.54) is 43.2 Å². The molecule has 1 aliphatic rings. The molecule has 2 heteroatoms. The lowest BCUT2D eigenvalue weighted by atomic mass is 9.77. The SMILES string of the molecule is CCCc1cccc(C(CC2CC(OCC)C2)NCC)c1. The molecule has 1 saturated carbocycles. The first-order chi connectivity index (χ1) is 10.3. The molecule has 0 aliphatic heterocycles. The van der Waals surface area contributed by atoms with Gasteiger partial charge < -0.3 is 10.1 Å². The highest BCUT2D eigenvalue weighted by atomic mass is 16.5. The molecule has 1 aromatic carbocycles. The van der Waals surface area contributed by atoms with E-state index in [4.69, 9.17) is 4.74 Å². The third-order valence-corrected chi connectivity index (χ3v) is 4.51. The molecule has 0 amide bonds. The second-order valence-corrected chi connectivity index (χ2v) is 6.26. The third kappa shape index (κ3) is 4.82. The number of ether oxygens (including phenoxy) is 1. The third-order valence-electron chi connectivity index (χ3n) is 4.51. The van der Waals surface area contributed by atoms with Crippen LogP contribution in [0.2, 0.25) is 0 Å². The minimum absolute atomic E-state index is 0.499. The molecule has 118 valence electrons. The van der Waals surface area contributed by atoms with Crippen molar-refractivity contribution in [3.8, 4) is 0 Å². The zero-order chi connectivity index (χ0) is 15.1. The lowest BCUT2D eigenvalue weighted by molar-refractivity contribution is -0.0291. The first-order valence-electron chi connectivity index (χ1n) is 8.70. The van der Waals surface area contributed by atoms with Gasteiger partial charge in [0.25, 0.3) is 0 Å². The summed E-state index contributed by atoms with van der Waals surface area (Å²) in [5, 5.41) is 3.67. The van der Waals surface area contributed by atoms with Gasteiger partial charge in [0.15, 0.2) is 0 Å². The van der Waals surface area contributed by atoms with Gasteiger partial charge in [-0.1, -0.05) is 44.5 Å². The molecule has 0 aromatic heterocycles. The van der Waals surface area contributed by atoms with E-state index in [0.29, 0.717) is 12.1 Å². The van der Waals surface area contributed by atoms with Crippen LogP contribution in [0.25, 0.3) is 0 Å². The number of nitrogens with one attached hydrogen (secondary N) is 1. The molecule has 21 heavy (non-hydrogen) atoms. The molecular formula is C19H31NO. The van der Waals surface area contributed by atoms with Crippen molar-refractivity contribution >= 4 is 0 Å². The van der Waals surface area contributed by atoms with Crippen molar-refractivity contribution in [1.82, 2.24) is 5.32 Å². The number of hydrogen-bond acceptors (Lipinski definition) is 2. The summed E-state index contributed by atoms with van der Waals surface area (Å²) in [6.45, 7) is 8.43. The van der Waals surface area contributed by atoms with Crippen molar-refractivity contribution in [3.63, 3.8) is 0 Å². The van der Waals surface area contributed by atoms with E-state index in [1.54, 1.807) is 0 Å². The van der Waals surface area contributed by atoms with Crippen molar-refractivity contribution < 1.29 is 4.74 Å². The maximum absolute atomic E-state index is 5.69. The first-order valence-corrected chi connectivity index (χ1v) is 8.70. The van der Waals surface area contributed by atoms with E-state index in [1.807, 2.05) is 0 Å². The summed E-state index contributed by atoms with van der Waals surface area (Å²) in [7, 11) is 0. The van der Waals surface area contributed by atoms with Gasteiger partial charge in [0.05, 0.1) is 6.10 Å². The van der Waals surface area contributed by atoms with E-state index in [9.17, 15) is 0 Å². The van der Waals surface area contributed by atoms with Crippen LogP contribution in [0.15, 0.2) is 24.3 Å². The van der Waals surface area contributed by atoms with Crippen molar-refractivity contribution in [3.05, 3.63) is 35.4 Å². The highest BCUT2D eigenvalue weighted by Crippen LogP contribution is 2.37. The Morgan fingerprint density at radius 3 is 2.71 bits per heavy atom. The molecular weight excluding hydrogens is 258 g/mol. The second kappa shape index (κ2) is 8.55. The minimum atomic E-state index is 0.499. The molecule has 0 spiro atoms. The van der Waals surface area contributed by atoms with Crippen LogP contribution in [0.4, 0.5) is 0 Å². The quantitative estimate of drug-likeness (QED) is 0.723. The molecule has 1 fully saturated rings. The smallest absolute Gasteiger partial charge is 0.0580 e. The monoisotopic (exact) mass is 289 g/mol. The first kappa shape index (κ1) is 16.5. The zero-order valence-electron chi connectivity index (χ0n) is 13.9. The average molecular weight is 289 g/mol. The Kier molecular flexibility index (Phi) is 6.72. The molecule has 1 aliphatic carbocycles. The predicted octanol–water partition coefficient (Wildman–Crippen LogP) is 4.49. The van der Waals surface area contributed by atoms with Crippen molar-refractivity contribution in [2.45, 2.75) is 65.0 Å². The lowest BCUT2D eigenvalue weighted by Crippen LogP contribution is -2.34. The average Bonchev–Trinajstić information content (AvgIpc) is 2.45. The molecule has 0 heterocycles. The Labute approximate surface area is 130 Å². The van der Waals surface area contributed by atoms with Crippen LogP contribution >= 0.6 is 0 Å². The summed E-state index contributed by atoms with van der Waals surface area (Å²) in [4.78, 5) is 0. The van der Waals surface area contributed by atoms with E-state index in [-0.39, 0.29) is 0 Å². The van der Waals surface area contributed by atoms with Gasteiger partial charge in [-0.25, -0.2) is 0 Å². The molecule has 2 rings (SSSR count). The zero-order valence-corrected chi connectivity index (χ0v) is 13.9. The van der Waals surface area contributed by atoms with Gasteiger partial charge in [-0.15, -0.1) is 0 Å². The molecule has 1 unspecified atom stereocenters. The Balaban J connectivity index is 1.94. The van der Waals surface area contributed by atoms with Gasteiger partial charge in [0.1, 0.15) is 0 Å². The van der Waals surface area contributed by atoms with Crippen LogP contribution in [0, 0.1) is 5.92 Å². The minimum Gasteiger partial charge on any atom is -0.378 e. The molecule has 0 radical (unpaired) electrons. The van der Waals surface area contributed by atoms with Crippen molar-refractivity contribution in [2.75, 3.05) is 13.2 Å². The van der Waals surface area contributed by atoms with Gasteiger partial charge >= 0.3 is 0 Å². The Hall–Kier alpha value is -0.860. The number of hydrogen-bond donors (Lipinski definition) is 1. The molecule has 0 saturated heterocycles. The number of benzene rings is 1. The number of aryl methyl sites for hydroxylation is 1. The Bertz CT molecular complexity index is 412. The summed E-state index contributed by atoms with van der Waals surface area (Å²) in [6, 6.07) is 9.65. The normalized spacial score (nSPS) is 22.8. The maximum Gasteiger partial charge on any atom is 0.0580 e. The van der Waals surface area contributed by atoms with E-state index in [2.05, 4.69) is 50.4 Å². The van der Waals surface area contributed by atoms with Crippen molar-refractivity contribution in [2.24, 2.45) is 5.92 Å². The van der Waals surface area contributed by atoms with E-state index >= 15 is 0 Å².